The van der Waals surface area contributed by atoms with Crippen LogP contribution in [0.25, 0.3) is 0 Å². The molecule has 1 unspecified atom stereocenters. The van der Waals surface area contributed by atoms with Crippen LogP contribution in [0, 0.1) is 0 Å². The summed E-state index contributed by atoms with van der Waals surface area (Å²) in [5.41, 5.74) is 7.45. The van der Waals surface area contributed by atoms with Gasteiger partial charge in [-0.15, -0.1) is 0 Å². The van der Waals surface area contributed by atoms with Crippen LogP contribution in [0.5, 0.6) is 0 Å². The molecule has 0 saturated heterocycles. The molecule has 5 nitrogen and oxygen atoms in total. The molecule has 1 aromatic carbocycles. The Kier molecular flexibility index (Phi) is 3.99. The number of anilines is 1. The minimum atomic E-state index is -0.203. The van der Waals surface area contributed by atoms with Gasteiger partial charge in [0.15, 0.2) is 5.69 Å². The van der Waals surface area contributed by atoms with E-state index in [2.05, 4.69) is 5.10 Å². The number of carbonyl (C=O) groups is 1. The summed E-state index contributed by atoms with van der Waals surface area (Å²) in [5.74, 6) is -0.203. The quantitative estimate of drug-likeness (QED) is 0.945. The van der Waals surface area contributed by atoms with Crippen LogP contribution in [-0.2, 0) is 7.05 Å². The zero-order valence-electron chi connectivity index (χ0n) is 11.7. The van der Waals surface area contributed by atoms with E-state index >= 15 is 0 Å². The molecule has 2 N–H and O–H groups in total. The monoisotopic (exact) mass is 292 g/mol. The third kappa shape index (κ3) is 2.77. The molecule has 0 aliphatic heterocycles. The fourth-order valence-electron chi connectivity index (χ4n) is 1.98. The number of nitrogens with zero attached hydrogens (tertiary/aromatic N) is 3. The van der Waals surface area contributed by atoms with Crippen LogP contribution in [0.15, 0.2) is 30.5 Å². The molecule has 1 heterocycles. The van der Waals surface area contributed by atoms with E-state index < -0.39 is 0 Å². The third-order valence-corrected chi connectivity index (χ3v) is 3.57. The second-order valence-electron chi connectivity index (χ2n) is 4.75. The maximum atomic E-state index is 12.4. The summed E-state index contributed by atoms with van der Waals surface area (Å²) >= 11 is 5.87. The first-order chi connectivity index (χ1) is 9.40. The summed E-state index contributed by atoms with van der Waals surface area (Å²) in [6.07, 6.45) is 1.62. The molecule has 1 aromatic heterocycles. The Labute approximate surface area is 122 Å². The third-order valence-electron chi connectivity index (χ3n) is 3.31. The molecule has 0 aliphatic rings. The molecule has 0 saturated carbocycles. The van der Waals surface area contributed by atoms with Crippen molar-refractivity contribution in [2.75, 3.05) is 12.8 Å². The van der Waals surface area contributed by atoms with E-state index in [4.69, 9.17) is 17.3 Å². The van der Waals surface area contributed by atoms with E-state index in [1.54, 1.807) is 37.3 Å². The van der Waals surface area contributed by atoms with Crippen molar-refractivity contribution in [3.05, 3.63) is 46.7 Å². The Morgan fingerprint density at radius 1 is 1.40 bits per heavy atom. The average molecular weight is 293 g/mol. The lowest BCUT2D eigenvalue weighted by Crippen LogP contribution is -2.30. The van der Waals surface area contributed by atoms with Gasteiger partial charge in [-0.25, -0.2) is 0 Å². The predicted octanol–water partition coefficient (Wildman–Crippen LogP) is 2.49. The molecule has 106 valence electrons. The van der Waals surface area contributed by atoms with Gasteiger partial charge >= 0.3 is 0 Å². The van der Waals surface area contributed by atoms with Crippen LogP contribution in [0.4, 0.5) is 5.69 Å². The zero-order valence-corrected chi connectivity index (χ0v) is 12.4. The van der Waals surface area contributed by atoms with Crippen molar-refractivity contribution in [2.24, 2.45) is 7.05 Å². The number of carbonyl (C=O) groups excluding carboxylic acids is 1. The molecule has 1 amide bonds. The number of hydrogen-bond donors (Lipinski definition) is 1. The molecule has 2 rings (SSSR count). The van der Waals surface area contributed by atoms with E-state index in [1.165, 1.54) is 4.68 Å². The van der Waals surface area contributed by atoms with Crippen LogP contribution in [0.2, 0.25) is 5.02 Å². The van der Waals surface area contributed by atoms with Crippen LogP contribution in [-0.4, -0.2) is 27.6 Å². The highest BCUT2D eigenvalue weighted by Gasteiger charge is 2.23. The van der Waals surface area contributed by atoms with Crippen molar-refractivity contribution in [3.8, 4) is 0 Å². The summed E-state index contributed by atoms with van der Waals surface area (Å²) < 4.78 is 1.53. The van der Waals surface area contributed by atoms with Gasteiger partial charge in [-0.1, -0.05) is 23.7 Å². The Hall–Kier alpha value is -2.01. The van der Waals surface area contributed by atoms with Gasteiger partial charge in [-0.3, -0.25) is 9.48 Å². The highest BCUT2D eigenvalue weighted by Crippen LogP contribution is 2.23. The molecular weight excluding hydrogens is 276 g/mol. The van der Waals surface area contributed by atoms with E-state index in [1.807, 2.05) is 19.1 Å². The summed E-state index contributed by atoms with van der Waals surface area (Å²) in [5, 5.41) is 4.77. The smallest absolute Gasteiger partial charge is 0.276 e. The lowest BCUT2D eigenvalue weighted by atomic mass is 10.1. The fraction of sp³-hybridized carbons (Fsp3) is 0.286. The van der Waals surface area contributed by atoms with Crippen LogP contribution in [0.1, 0.15) is 29.0 Å². The number of aromatic nitrogens is 2. The number of amides is 1. The molecule has 0 aliphatic carbocycles. The van der Waals surface area contributed by atoms with Gasteiger partial charge in [0, 0.05) is 25.3 Å². The number of hydrogen-bond acceptors (Lipinski definition) is 3. The molecular formula is C14H17ClN4O. The van der Waals surface area contributed by atoms with Crippen LogP contribution in [0.3, 0.4) is 0 Å². The number of halogens is 1. The summed E-state index contributed by atoms with van der Waals surface area (Å²) in [7, 11) is 3.46. The largest absolute Gasteiger partial charge is 0.396 e. The second-order valence-corrected chi connectivity index (χ2v) is 5.19. The Morgan fingerprint density at radius 2 is 2.00 bits per heavy atom. The topological polar surface area (TPSA) is 64.2 Å². The molecule has 0 bridgehead atoms. The van der Waals surface area contributed by atoms with Crippen molar-refractivity contribution in [3.63, 3.8) is 0 Å². The SMILES string of the molecule is CC(c1ccc(Cl)cc1)N(C)C(=O)c1nn(C)cc1N. The molecule has 20 heavy (non-hydrogen) atoms. The summed E-state index contributed by atoms with van der Waals surface area (Å²) in [6.45, 7) is 1.94. The Bertz CT molecular complexity index is 621. The van der Waals surface area contributed by atoms with Gasteiger partial charge < -0.3 is 10.6 Å². The minimum Gasteiger partial charge on any atom is -0.396 e. The highest BCUT2D eigenvalue weighted by atomic mass is 35.5. The maximum absolute atomic E-state index is 12.4. The predicted molar refractivity (Wildman–Crippen MR) is 79.6 cm³/mol. The molecule has 2 aromatic rings. The molecule has 0 fully saturated rings. The van der Waals surface area contributed by atoms with Crippen molar-refractivity contribution in [1.29, 1.82) is 0 Å². The number of nitrogens with two attached hydrogens (primary N) is 1. The van der Waals surface area contributed by atoms with Crippen molar-refractivity contribution in [1.82, 2.24) is 14.7 Å². The summed E-state index contributed by atoms with van der Waals surface area (Å²) in [6, 6.07) is 7.32. The second kappa shape index (κ2) is 5.54. The van der Waals surface area contributed by atoms with Gasteiger partial charge in [0.2, 0.25) is 0 Å². The van der Waals surface area contributed by atoms with E-state index in [9.17, 15) is 4.79 Å². The first-order valence-corrected chi connectivity index (χ1v) is 6.59. The van der Waals surface area contributed by atoms with Crippen molar-refractivity contribution in [2.45, 2.75) is 13.0 Å². The van der Waals surface area contributed by atoms with E-state index in [0.717, 1.165) is 5.56 Å². The van der Waals surface area contributed by atoms with Crippen LogP contribution >= 0.6 is 11.6 Å². The highest BCUT2D eigenvalue weighted by molar-refractivity contribution is 6.30. The number of nitrogen functional groups attached to an aromatic ring is 1. The molecule has 0 radical (unpaired) electrons. The van der Waals surface area contributed by atoms with Gasteiger partial charge in [0.25, 0.3) is 5.91 Å². The first kappa shape index (κ1) is 14.4. The van der Waals surface area contributed by atoms with E-state index in [-0.39, 0.29) is 17.6 Å². The van der Waals surface area contributed by atoms with Gasteiger partial charge in [0.05, 0.1) is 11.7 Å². The number of rotatable bonds is 3. The van der Waals surface area contributed by atoms with Crippen molar-refractivity contribution < 1.29 is 4.79 Å². The van der Waals surface area contributed by atoms with Crippen LogP contribution < -0.4 is 5.73 Å². The average Bonchev–Trinajstić information content (AvgIpc) is 2.76. The standard InChI is InChI=1S/C14H17ClN4O/c1-9(10-4-6-11(15)7-5-10)19(3)14(20)13-12(16)8-18(2)17-13/h4-9H,16H2,1-3H3. The lowest BCUT2D eigenvalue weighted by Gasteiger charge is -2.24. The normalized spacial score (nSPS) is 12.2. The molecule has 1 atom stereocenters. The number of aryl methyl sites for hydroxylation is 1. The Balaban J connectivity index is 2.22. The van der Waals surface area contributed by atoms with Crippen molar-refractivity contribution >= 4 is 23.2 Å². The molecule has 0 spiro atoms. The minimum absolute atomic E-state index is 0.0961. The lowest BCUT2D eigenvalue weighted by molar-refractivity contribution is 0.0737. The zero-order chi connectivity index (χ0) is 14.9. The molecule has 6 heteroatoms. The van der Waals surface area contributed by atoms with Gasteiger partial charge in [-0.05, 0) is 24.6 Å². The number of benzene rings is 1. The first-order valence-electron chi connectivity index (χ1n) is 6.22. The summed E-state index contributed by atoms with van der Waals surface area (Å²) in [4.78, 5) is 14.0. The van der Waals surface area contributed by atoms with Gasteiger partial charge in [-0.2, -0.15) is 5.10 Å². The maximum Gasteiger partial charge on any atom is 0.276 e. The van der Waals surface area contributed by atoms with Gasteiger partial charge in [0.1, 0.15) is 0 Å². The Morgan fingerprint density at radius 3 is 2.50 bits per heavy atom. The fourth-order valence-corrected chi connectivity index (χ4v) is 2.11. The van der Waals surface area contributed by atoms with E-state index in [0.29, 0.717) is 10.7 Å².